The third-order valence-corrected chi connectivity index (χ3v) is 5.01. The highest BCUT2D eigenvalue weighted by Crippen LogP contribution is 2.34. The van der Waals surface area contributed by atoms with Crippen LogP contribution in [0.15, 0.2) is 17.1 Å². The Morgan fingerprint density at radius 3 is 2.27 bits per heavy atom. The van der Waals surface area contributed by atoms with E-state index < -0.39 is 0 Å². The molecule has 0 unspecified atom stereocenters. The van der Waals surface area contributed by atoms with Crippen molar-refractivity contribution < 1.29 is 14.2 Å². The van der Waals surface area contributed by atoms with Crippen LogP contribution in [0.5, 0.6) is 17.2 Å². The van der Waals surface area contributed by atoms with Crippen LogP contribution >= 0.6 is 0 Å². The first-order valence-electron chi connectivity index (χ1n) is 9.45. The highest BCUT2D eigenvalue weighted by atomic mass is 16.5. The molecule has 0 spiro atoms. The van der Waals surface area contributed by atoms with Gasteiger partial charge in [-0.1, -0.05) is 25.7 Å². The van der Waals surface area contributed by atoms with Gasteiger partial charge in [-0.3, -0.25) is 4.99 Å². The highest BCUT2D eigenvalue weighted by Gasteiger charge is 2.14. The van der Waals surface area contributed by atoms with Crippen molar-refractivity contribution in [2.75, 3.05) is 34.9 Å². The summed E-state index contributed by atoms with van der Waals surface area (Å²) >= 11 is 0. The molecule has 0 saturated heterocycles. The van der Waals surface area contributed by atoms with Gasteiger partial charge in [-0.2, -0.15) is 0 Å². The molecule has 6 heteroatoms. The summed E-state index contributed by atoms with van der Waals surface area (Å²) in [5, 5.41) is 6.73. The number of nitrogens with one attached hydrogen (secondary N) is 2. The van der Waals surface area contributed by atoms with Gasteiger partial charge < -0.3 is 24.8 Å². The highest BCUT2D eigenvalue weighted by molar-refractivity contribution is 5.79. The molecular weight excluding hydrogens is 330 g/mol. The minimum absolute atomic E-state index is 0.589. The second-order valence-corrected chi connectivity index (χ2v) is 6.66. The predicted octanol–water partition coefficient (Wildman–Crippen LogP) is 3.35. The van der Waals surface area contributed by atoms with Gasteiger partial charge in [-0.25, -0.2) is 0 Å². The lowest BCUT2D eigenvalue weighted by Crippen LogP contribution is -2.37. The third kappa shape index (κ3) is 5.71. The monoisotopic (exact) mass is 363 g/mol. The number of benzene rings is 1. The number of aliphatic imine (C=N–C) groups is 1. The van der Waals surface area contributed by atoms with E-state index in [0.29, 0.717) is 18.0 Å². The molecule has 0 aromatic heterocycles. The Bertz CT molecular complexity index is 584. The zero-order valence-corrected chi connectivity index (χ0v) is 16.6. The van der Waals surface area contributed by atoms with Crippen LogP contribution in [0.3, 0.4) is 0 Å². The lowest BCUT2D eigenvalue weighted by Gasteiger charge is -2.16. The first-order valence-corrected chi connectivity index (χ1v) is 9.45. The zero-order chi connectivity index (χ0) is 18.8. The summed E-state index contributed by atoms with van der Waals surface area (Å²) in [5.74, 6) is 3.83. The lowest BCUT2D eigenvalue weighted by molar-refractivity contribution is 0.347. The van der Waals surface area contributed by atoms with Gasteiger partial charge in [0, 0.05) is 31.8 Å². The van der Waals surface area contributed by atoms with E-state index in [0.717, 1.165) is 29.7 Å². The number of hydrogen-bond acceptors (Lipinski definition) is 4. The van der Waals surface area contributed by atoms with E-state index in [9.17, 15) is 0 Å². The molecule has 6 nitrogen and oxygen atoms in total. The molecule has 1 aromatic rings. The summed E-state index contributed by atoms with van der Waals surface area (Å²) in [6.45, 7) is 1.53. The SMILES string of the molecule is CN=C(NCCCC1CCCC1)NCc1cc(OC)c(OC)cc1OC. The summed E-state index contributed by atoms with van der Waals surface area (Å²) in [4.78, 5) is 4.30. The quantitative estimate of drug-likeness (QED) is 0.400. The maximum Gasteiger partial charge on any atom is 0.191 e. The van der Waals surface area contributed by atoms with Crippen molar-refractivity contribution in [3.05, 3.63) is 17.7 Å². The van der Waals surface area contributed by atoms with Crippen LogP contribution < -0.4 is 24.8 Å². The zero-order valence-electron chi connectivity index (χ0n) is 16.6. The van der Waals surface area contributed by atoms with E-state index in [4.69, 9.17) is 14.2 Å². The van der Waals surface area contributed by atoms with Gasteiger partial charge >= 0.3 is 0 Å². The van der Waals surface area contributed by atoms with E-state index in [1.54, 1.807) is 28.4 Å². The first-order chi connectivity index (χ1) is 12.7. The van der Waals surface area contributed by atoms with Gasteiger partial charge in [0.2, 0.25) is 0 Å². The molecule has 0 aliphatic heterocycles. The summed E-state index contributed by atoms with van der Waals surface area (Å²) in [6, 6.07) is 3.77. The predicted molar refractivity (Wildman–Crippen MR) is 105 cm³/mol. The molecule has 1 aliphatic rings. The number of guanidine groups is 1. The fraction of sp³-hybridized carbons (Fsp3) is 0.650. The number of nitrogens with zero attached hydrogens (tertiary/aromatic N) is 1. The van der Waals surface area contributed by atoms with Crippen LogP contribution in [0, 0.1) is 5.92 Å². The Morgan fingerprint density at radius 1 is 1.00 bits per heavy atom. The first kappa shape index (κ1) is 20.2. The molecule has 2 N–H and O–H groups in total. The van der Waals surface area contributed by atoms with E-state index >= 15 is 0 Å². The summed E-state index contributed by atoms with van der Waals surface area (Å²) < 4.78 is 16.2. The largest absolute Gasteiger partial charge is 0.496 e. The van der Waals surface area contributed by atoms with Crippen molar-refractivity contribution in [1.29, 1.82) is 0 Å². The molecule has 26 heavy (non-hydrogen) atoms. The normalized spacial score (nSPS) is 15.0. The van der Waals surface area contributed by atoms with Crippen LogP contribution in [-0.4, -0.2) is 40.9 Å². The minimum atomic E-state index is 0.589. The summed E-state index contributed by atoms with van der Waals surface area (Å²) in [5.41, 5.74) is 0.985. The van der Waals surface area contributed by atoms with Gasteiger partial charge in [0.05, 0.1) is 21.3 Å². The standard InChI is InChI=1S/C20H33N3O3/c1-21-20(22-11-7-10-15-8-5-6-9-15)23-14-16-12-18(25-3)19(26-4)13-17(16)24-2/h12-13,15H,5-11,14H2,1-4H3,(H2,21,22,23). The van der Waals surface area contributed by atoms with E-state index in [1.165, 1.54) is 38.5 Å². The number of hydrogen-bond donors (Lipinski definition) is 2. The van der Waals surface area contributed by atoms with Crippen molar-refractivity contribution in [2.24, 2.45) is 10.9 Å². The number of rotatable bonds is 9. The average Bonchev–Trinajstić information content (AvgIpc) is 3.20. The van der Waals surface area contributed by atoms with Crippen molar-refractivity contribution in [3.63, 3.8) is 0 Å². The van der Waals surface area contributed by atoms with Crippen LogP contribution in [0.4, 0.5) is 0 Å². The van der Waals surface area contributed by atoms with Crippen molar-refractivity contribution in [1.82, 2.24) is 10.6 Å². The third-order valence-electron chi connectivity index (χ3n) is 5.01. The topological polar surface area (TPSA) is 64.1 Å². The van der Waals surface area contributed by atoms with Crippen LogP contribution in [0.1, 0.15) is 44.1 Å². The van der Waals surface area contributed by atoms with Crippen LogP contribution in [-0.2, 0) is 6.54 Å². The molecule has 146 valence electrons. The second-order valence-electron chi connectivity index (χ2n) is 6.66. The van der Waals surface area contributed by atoms with Crippen LogP contribution in [0.2, 0.25) is 0 Å². The molecule has 0 amide bonds. The molecule has 0 bridgehead atoms. The minimum Gasteiger partial charge on any atom is -0.496 e. The molecule has 0 atom stereocenters. The maximum atomic E-state index is 5.47. The molecule has 1 aromatic carbocycles. The average molecular weight is 364 g/mol. The Morgan fingerprint density at radius 2 is 1.65 bits per heavy atom. The summed E-state index contributed by atoms with van der Waals surface area (Å²) in [6.07, 6.45) is 8.14. The molecule has 0 radical (unpaired) electrons. The van der Waals surface area contributed by atoms with Gasteiger partial charge in [-0.15, -0.1) is 0 Å². The Kier molecular flexibility index (Phi) is 8.38. The molecule has 2 rings (SSSR count). The van der Waals surface area contributed by atoms with E-state index in [2.05, 4.69) is 15.6 Å². The fourth-order valence-electron chi connectivity index (χ4n) is 3.53. The van der Waals surface area contributed by atoms with E-state index in [-0.39, 0.29) is 0 Å². The van der Waals surface area contributed by atoms with Crippen LogP contribution in [0.25, 0.3) is 0 Å². The Hall–Kier alpha value is -2.11. The lowest BCUT2D eigenvalue weighted by atomic mass is 10.0. The van der Waals surface area contributed by atoms with Crippen molar-refractivity contribution in [3.8, 4) is 17.2 Å². The van der Waals surface area contributed by atoms with Gasteiger partial charge in [-0.05, 0) is 24.8 Å². The fourth-order valence-corrected chi connectivity index (χ4v) is 3.53. The smallest absolute Gasteiger partial charge is 0.191 e. The van der Waals surface area contributed by atoms with Gasteiger partial charge in [0.25, 0.3) is 0 Å². The van der Waals surface area contributed by atoms with Crippen molar-refractivity contribution >= 4 is 5.96 Å². The van der Waals surface area contributed by atoms with Gasteiger partial charge in [0.15, 0.2) is 17.5 Å². The molecular formula is C20H33N3O3. The summed E-state index contributed by atoms with van der Waals surface area (Å²) in [7, 11) is 6.69. The van der Waals surface area contributed by atoms with E-state index in [1.807, 2.05) is 12.1 Å². The number of ether oxygens (including phenoxy) is 3. The second kappa shape index (κ2) is 10.8. The van der Waals surface area contributed by atoms with Gasteiger partial charge in [0.1, 0.15) is 5.75 Å². The Balaban J connectivity index is 1.84. The Labute approximate surface area is 157 Å². The maximum absolute atomic E-state index is 5.47. The molecule has 1 saturated carbocycles. The molecule has 0 heterocycles. The molecule has 1 fully saturated rings. The van der Waals surface area contributed by atoms with Crippen molar-refractivity contribution in [2.45, 2.75) is 45.1 Å². The number of methoxy groups -OCH3 is 3. The molecule has 1 aliphatic carbocycles.